The first kappa shape index (κ1) is 15.9. The molecule has 1 aliphatic heterocycles. The molecule has 0 bridgehead atoms. The van der Waals surface area contributed by atoms with Gasteiger partial charge < -0.3 is 19.7 Å². The summed E-state index contributed by atoms with van der Waals surface area (Å²) in [5.41, 5.74) is 1.29. The van der Waals surface area contributed by atoms with Crippen LogP contribution in [0.3, 0.4) is 0 Å². The van der Waals surface area contributed by atoms with E-state index < -0.39 is 0 Å². The standard InChI is InChI=1S/C16H29N5/c1-5-21-10-8-14(12-21)11-18-16(17-2)20(4)13-15-7-6-9-19(15)3/h6-7,9,14H,5,8,10-13H2,1-4H3,(H,17,18). The molecule has 1 fully saturated rings. The maximum absolute atomic E-state index is 4.41. The van der Waals surface area contributed by atoms with Gasteiger partial charge in [-0.25, -0.2) is 0 Å². The highest BCUT2D eigenvalue weighted by atomic mass is 15.3. The zero-order valence-corrected chi connectivity index (χ0v) is 13.8. The molecule has 1 unspecified atom stereocenters. The lowest BCUT2D eigenvalue weighted by Gasteiger charge is -2.23. The van der Waals surface area contributed by atoms with Gasteiger partial charge in [-0.3, -0.25) is 4.99 Å². The minimum Gasteiger partial charge on any atom is -0.356 e. The molecule has 2 rings (SSSR count). The number of aliphatic imine (C=N–C) groups is 1. The van der Waals surface area contributed by atoms with Crippen molar-refractivity contribution < 1.29 is 0 Å². The highest BCUT2D eigenvalue weighted by Gasteiger charge is 2.21. The van der Waals surface area contributed by atoms with E-state index in [0.29, 0.717) is 0 Å². The van der Waals surface area contributed by atoms with Gasteiger partial charge in [-0.05, 0) is 37.6 Å². The van der Waals surface area contributed by atoms with Crippen LogP contribution in [0.5, 0.6) is 0 Å². The van der Waals surface area contributed by atoms with Crippen LogP contribution in [0, 0.1) is 5.92 Å². The monoisotopic (exact) mass is 291 g/mol. The summed E-state index contributed by atoms with van der Waals surface area (Å²) < 4.78 is 2.15. The molecule has 0 radical (unpaired) electrons. The Morgan fingerprint density at radius 1 is 1.52 bits per heavy atom. The quantitative estimate of drug-likeness (QED) is 0.657. The zero-order valence-electron chi connectivity index (χ0n) is 13.8. The Hall–Kier alpha value is -1.49. The second-order valence-electron chi connectivity index (χ2n) is 5.94. The van der Waals surface area contributed by atoms with E-state index in [0.717, 1.165) is 25.0 Å². The van der Waals surface area contributed by atoms with Crippen LogP contribution in [0.25, 0.3) is 0 Å². The molecular weight excluding hydrogens is 262 g/mol. The van der Waals surface area contributed by atoms with E-state index in [-0.39, 0.29) is 0 Å². The topological polar surface area (TPSA) is 35.8 Å². The SMILES string of the molecule is CCN1CCC(CNC(=NC)N(C)Cc2cccn2C)C1. The Kier molecular flexibility index (Phi) is 5.67. The normalized spacial score (nSPS) is 20.0. The number of nitrogens with zero attached hydrogens (tertiary/aromatic N) is 4. The molecule has 0 amide bonds. The van der Waals surface area contributed by atoms with Crippen molar-refractivity contribution in [3.8, 4) is 0 Å². The first-order valence-electron chi connectivity index (χ1n) is 7.88. The lowest BCUT2D eigenvalue weighted by molar-refractivity contribution is 0.340. The number of aromatic nitrogens is 1. The number of rotatable bonds is 5. The summed E-state index contributed by atoms with van der Waals surface area (Å²) in [4.78, 5) is 9.11. The fourth-order valence-electron chi connectivity index (χ4n) is 2.97. The van der Waals surface area contributed by atoms with Crippen molar-refractivity contribution in [2.24, 2.45) is 18.0 Å². The number of hydrogen-bond donors (Lipinski definition) is 1. The van der Waals surface area contributed by atoms with Gasteiger partial charge in [0, 0.05) is 46.1 Å². The number of likely N-dealkylation sites (tertiary alicyclic amines) is 1. The largest absolute Gasteiger partial charge is 0.356 e. The van der Waals surface area contributed by atoms with Gasteiger partial charge in [0.2, 0.25) is 0 Å². The lowest BCUT2D eigenvalue weighted by atomic mass is 10.1. The summed E-state index contributed by atoms with van der Waals surface area (Å²) in [7, 11) is 6.03. The Morgan fingerprint density at radius 2 is 2.33 bits per heavy atom. The summed E-state index contributed by atoms with van der Waals surface area (Å²) in [6.45, 7) is 7.74. The summed E-state index contributed by atoms with van der Waals surface area (Å²) in [6, 6.07) is 4.23. The van der Waals surface area contributed by atoms with E-state index in [2.05, 4.69) is 64.0 Å². The molecular formula is C16H29N5. The van der Waals surface area contributed by atoms with Crippen LogP contribution >= 0.6 is 0 Å². The third-order valence-corrected chi connectivity index (χ3v) is 4.39. The van der Waals surface area contributed by atoms with Crippen molar-refractivity contribution >= 4 is 5.96 Å². The van der Waals surface area contributed by atoms with Crippen LogP contribution in [-0.2, 0) is 13.6 Å². The van der Waals surface area contributed by atoms with Gasteiger partial charge in [-0.15, -0.1) is 0 Å². The Bertz CT molecular complexity index is 465. The van der Waals surface area contributed by atoms with Crippen molar-refractivity contribution in [2.45, 2.75) is 19.9 Å². The predicted octanol–water partition coefficient (Wildman–Crippen LogP) is 1.37. The van der Waals surface area contributed by atoms with E-state index >= 15 is 0 Å². The molecule has 118 valence electrons. The van der Waals surface area contributed by atoms with Crippen LogP contribution < -0.4 is 5.32 Å². The number of aryl methyl sites for hydroxylation is 1. The summed E-state index contributed by atoms with van der Waals surface area (Å²) >= 11 is 0. The molecule has 0 aromatic carbocycles. The van der Waals surface area contributed by atoms with Crippen molar-refractivity contribution in [3.63, 3.8) is 0 Å². The van der Waals surface area contributed by atoms with Crippen LogP contribution in [0.4, 0.5) is 0 Å². The molecule has 1 saturated heterocycles. The zero-order chi connectivity index (χ0) is 15.2. The van der Waals surface area contributed by atoms with Crippen LogP contribution in [0.15, 0.2) is 23.3 Å². The summed E-state index contributed by atoms with van der Waals surface area (Å²) in [5.74, 6) is 1.72. The minimum absolute atomic E-state index is 0.741. The predicted molar refractivity (Wildman–Crippen MR) is 88.5 cm³/mol. The highest BCUT2D eigenvalue weighted by molar-refractivity contribution is 5.79. The lowest BCUT2D eigenvalue weighted by Crippen LogP contribution is -2.41. The second kappa shape index (κ2) is 7.50. The molecule has 1 atom stereocenters. The van der Waals surface area contributed by atoms with Gasteiger partial charge in [-0.2, -0.15) is 0 Å². The molecule has 1 aromatic rings. The van der Waals surface area contributed by atoms with E-state index in [1.165, 1.54) is 31.7 Å². The van der Waals surface area contributed by atoms with Crippen molar-refractivity contribution in [3.05, 3.63) is 24.0 Å². The van der Waals surface area contributed by atoms with Gasteiger partial charge >= 0.3 is 0 Å². The maximum Gasteiger partial charge on any atom is 0.193 e. The van der Waals surface area contributed by atoms with Crippen molar-refractivity contribution in [1.82, 2.24) is 19.7 Å². The highest BCUT2D eigenvalue weighted by Crippen LogP contribution is 2.14. The Balaban J connectivity index is 1.81. The smallest absolute Gasteiger partial charge is 0.193 e. The number of guanidine groups is 1. The molecule has 0 aliphatic carbocycles. The minimum atomic E-state index is 0.741. The van der Waals surface area contributed by atoms with E-state index in [1.54, 1.807) is 0 Å². The van der Waals surface area contributed by atoms with Crippen LogP contribution in [0.2, 0.25) is 0 Å². The average Bonchev–Trinajstić information content (AvgIpc) is 3.09. The fourth-order valence-corrected chi connectivity index (χ4v) is 2.97. The number of hydrogen-bond acceptors (Lipinski definition) is 2. The fraction of sp³-hybridized carbons (Fsp3) is 0.688. The Morgan fingerprint density at radius 3 is 2.90 bits per heavy atom. The van der Waals surface area contributed by atoms with Crippen LogP contribution in [-0.4, -0.2) is 60.6 Å². The van der Waals surface area contributed by atoms with E-state index in [4.69, 9.17) is 0 Å². The maximum atomic E-state index is 4.41. The van der Waals surface area contributed by atoms with Gasteiger partial charge in [0.15, 0.2) is 5.96 Å². The van der Waals surface area contributed by atoms with Crippen molar-refractivity contribution in [2.75, 3.05) is 40.3 Å². The van der Waals surface area contributed by atoms with Gasteiger partial charge in [0.25, 0.3) is 0 Å². The van der Waals surface area contributed by atoms with Gasteiger partial charge in [0.1, 0.15) is 0 Å². The molecule has 2 heterocycles. The first-order chi connectivity index (χ1) is 10.1. The average molecular weight is 291 g/mol. The van der Waals surface area contributed by atoms with Gasteiger partial charge in [-0.1, -0.05) is 6.92 Å². The van der Waals surface area contributed by atoms with E-state index in [1.807, 2.05) is 7.05 Å². The van der Waals surface area contributed by atoms with Gasteiger partial charge in [0.05, 0.1) is 6.54 Å². The van der Waals surface area contributed by atoms with Crippen LogP contribution in [0.1, 0.15) is 19.0 Å². The first-order valence-corrected chi connectivity index (χ1v) is 7.88. The molecule has 5 heteroatoms. The summed E-state index contributed by atoms with van der Waals surface area (Å²) in [5, 5.41) is 3.53. The molecule has 0 saturated carbocycles. The second-order valence-corrected chi connectivity index (χ2v) is 5.94. The number of nitrogens with one attached hydrogen (secondary N) is 1. The molecule has 1 aliphatic rings. The molecule has 1 N–H and O–H groups in total. The Labute approximate surface area is 128 Å². The third kappa shape index (κ3) is 4.24. The summed E-state index contributed by atoms with van der Waals surface area (Å²) in [6.07, 6.45) is 3.37. The van der Waals surface area contributed by atoms with Crippen molar-refractivity contribution in [1.29, 1.82) is 0 Å². The molecule has 1 aromatic heterocycles. The molecule has 5 nitrogen and oxygen atoms in total. The van der Waals surface area contributed by atoms with E-state index in [9.17, 15) is 0 Å². The third-order valence-electron chi connectivity index (χ3n) is 4.39. The molecule has 0 spiro atoms. The molecule has 21 heavy (non-hydrogen) atoms.